The van der Waals surface area contributed by atoms with Crippen LogP contribution < -0.4 is 10.1 Å². The van der Waals surface area contributed by atoms with E-state index in [1.807, 2.05) is 41.2 Å². The summed E-state index contributed by atoms with van der Waals surface area (Å²) in [5.74, 6) is 0.913. The summed E-state index contributed by atoms with van der Waals surface area (Å²) in [5.41, 5.74) is 1.19. The third-order valence-corrected chi connectivity index (χ3v) is 3.94. The molecule has 0 saturated heterocycles. The molecule has 0 bridgehead atoms. The molecule has 2 rings (SSSR count). The molecule has 0 fully saturated rings. The molecule has 0 spiro atoms. The number of ether oxygens (including phenoxy) is 1. The maximum absolute atomic E-state index is 5.81. The van der Waals surface area contributed by atoms with Crippen molar-refractivity contribution in [3.63, 3.8) is 0 Å². The molecule has 0 saturated carbocycles. The molecule has 0 aliphatic rings. The lowest BCUT2D eigenvalue weighted by Gasteiger charge is -2.20. The predicted molar refractivity (Wildman–Crippen MR) is 88.6 cm³/mol. The maximum atomic E-state index is 5.81. The van der Waals surface area contributed by atoms with Gasteiger partial charge in [0, 0.05) is 13.0 Å². The Labute approximate surface area is 134 Å². The molecule has 0 amide bonds. The summed E-state index contributed by atoms with van der Waals surface area (Å²) in [6.07, 6.45) is 2.76. The lowest BCUT2D eigenvalue weighted by atomic mass is 10.1. The Bertz CT molecular complexity index is 542. The lowest BCUT2D eigenvalue weighted by molar-refractivity contribution is 0.283. The van der Waals surface area contributed by atoms with Gasteiger partial charge in [0.25, 0.3) is 0 Å². The lowest BCUT2D eigenvalue weighted by Crippen LogP contribution is -2.26. The van der Waals surface area contributed by atoms with E-state index in [0.29, 0.717) is 6.61 Å². The van der Waals surface area contributed by atoms with E-state index >= 15 is 0 Å². The molecule has 114 valence electrons. The largest absolute Gasteiger partial charge is 0.494 e. The fourth-order valence-corrected chi connectivity index (χ4v) is 2.94. The molecular weight excluding hydrogens is 330 g/mol. The number of rotatable bonds is 8. The van der Waals surface area contributed by atoms with Gasteiger partial charge in [-0.2, -0.15) is 5.10 Å². The van der Waals surface area contributed by atoms with E-state index in [-0.39, 0.29) is 6.04 Å². The van der Waals surface area contributed by atoms with E-state index in [4.69, 9.17) is 4.74 Å². The summed E-state index contributed by atoms with van der Waals surface area (Å²) in [7, 11) is 0. The molecule has 1 aromatic heterocycles. The zero-order valence-electron chi connectivity index (χ0n) is 12.6. The molecule has 1 aromatic carbocycles. The number of benzene rings is 1. The van der Waals surface area contributed by atoms with Gasteiger partial charge in [0.2, 0.25) is 0 Å². The number of hydrogen-bond acceptors (Lipinski definition) is 3. The van der Waals surface area contributed by atoms with Crippen LogP contribution in [0.2, 0.25) is 0 Å². The zero-order chi connectivity index (χ0) is 15.1. The van der Waals surface area contributed by atoms with Gasteiger partial charge >= 0.3 is 0 Å². The van der Waals surface area contributed by atoms with Crippen LogP contribution in [0.5, 0.6) is 5.75 Å². The second-order valence-electron chi connectivity index (χ2n) is 4.75. The Morgan fingerprint density at radius 2 is 2.05 bits per heavy atom. The molecule has 4 nitrogen and oxygen atoms in total. The van der Waals surface area contributed by atoms with Gasteiger partial charge in [0.1, 0.15) is 5.75 Å². The molecule has 21 heavy (non-hydrogen) atoms. The Kier molecular flexibility index (Phi) is 6.26. The molecule has 1 unspecified atom stereocenters. The van der Waals surface area contributed by atoms with E-state index < -0.39 is 0 Å². The molecule has 1 heterocycles. The van der Waals surface area contributed by atoms with Crippen LogP contribution in [0.4, 0.5) is 0 Å². The van der Waals surface area contributed by atoms with E-state index in [9.17, 15) is 0 Å². The fraction of sp³-hybridized carbons (Fsp3) is 0.438. The van der Waals surface area contributed by atoms with Crippen molar-refractivity contribution in [3.8, 4) is 5.75 Å². The number of para-hydroxylation sites is 1. The summed E-state index contributed by atoms with van der Waals surface area (Å²) < 4.78 is 8.89. The number of hydrogen-bond donors (Lipinski definition) is 1. The number of nitrogens with one attached hydrogen (secondary N) is 1. The second kappa shape index (κ2) is 8.20. The first-order chi connectivity index (χ1) is 10.3. The van der Waals surface area contributed by atoms with Gasteiger partial charge in [-0.15, -0.1) is 0 Å². The average Bonchev–Trinajstić information content (AvgIpc) is 2.88. The third kappa shape index (κ3) is 4.32. The van der Waals surface area contributed by atoms with Gasteiger partial charge in [-0.3, -0.25) is 4.68 Å². The Morgan fingerprint density at radius 3 is 2.71 bits per heavy atom. The Balaban J connectivity index is 2.00. The van der Waals surface area contributed by atoms with Crippen LogP contribution in [-0.4, -0.2) is 22.9 Å². The fourth-order valence-electron chi connectivity index (χ4n) is 2.36. The third-order valence-electron chi connectivity index (χ3n) is 3.33. The van der Waals surface area contributed by atoms with Gasteiger partial charge in [0.15, 0.2) is 0 Å². The molecular formula is C16H22BrN3O. The van der Waals surface area contributed by atoms with Gasteiger partial charge in [0.05, 0.1) is 29.0 Å². The minimum atomic E-state index is 0.232. The molecule has 0 aliphatic carbocycles. The van der Waals surface area contributed by atoms with Crippen LogP contribution in [-0.2, 0) is 6.54 Å². The van der Waals surface area contributed by atoms with Gasteiger partial charge < -0.3 is 10.1 Å². The standard InChI is InChI=1S/C16H22BrN3O/c1-3-18-15(16-14(17)12-19-20(16)4-2)10-11-21-13-8-6-5-7-9-13/h5-9,12,15,18H,3-4,10-11H2,1-2H3. The summed E-state index contributed by atoms with van der Waals surface area (Å²) in [5, 5.41) is 7.91. The van der Waals surface area contributed by atoms with Crippen LogP contribution in [0.3, 0.4) is 0 Å². The van der Waals surface area contributed by atoms with Crippen LogP contribution >= 0.6 is 15.9 Å². The smallest absolute Gasteiger partial charge is 0.119 e. The van der Waals surface area contributed by atoms with E-state index in [1.165, 1.54) is 5.69 Å². The highest BCUT2D eigenvalue weighted by Gasteiger charge is 2.18. The van der Waals surface area contributed by atoms with Crippen LogP contribution in [0.1, 0.15) is 32.0 Å². The molecule has 1 atom stereocenters. The number of aryl methyl sites for hydroxylation is 1. The van der Waals surface area contributed by atoms with Crippen molar-refractivity contribution in [1.82, 2.24) is 15.1 Å². The average molecular weight is 352 g/mol. The second-order valence-corrected chi connectivity index (χ2v) is 5.61. The van der Waals surface area contributed by atoms with Crippen LogP contribution in [0.15, 0.2) is 41.0 Å². The minimum Gasteiger partial charge on any atom is -0.494 e. The summed E-state index contributed by atoms with van der Waals surface area (Å²) in [6, 6.07) is 10.2. The van der Waals surface area contributed by atoms with Crippen molar-refractivity contribution in [2.45, 2.75) is 32.9 Å². The molecule has 2 aromatic rings. The molecule has 5 heteroatoms. The van der Waals surface area contributed by atoms with Crippen LogP contribution in [0, 0.1) is 0 Å². The predicted octanol–water partition coefficient (Wildman–Crippen LogP) is 3.79. The van der Waals surface area contributed by atoms with Gasteiger partial charge in [-0.1, -0.05) is 25.1 Å². The van der Waals surface area contributed by atoms with Gasteiger partial charge in [-0.05, 0) is 41.5 Å². The van der Waals surface area contributed by atoms with Crippen molar-refractivity contribution in [3.05, 3.63) is 46.7 Å². The number of halogens is 1. The van der Waals surface area contributed by atoms with Crippen molar-refractivity contribution < 1.29 is 4.74 Å². The quantitative estimate of drug-likeness (QED) is 0.786. The zero-order valence-corrected chi connectivity index (χ0v) is 14.1. The molecule has 0 aliphatic heterocycles. The van der Waals surface area contributed by atoms with Crippen LogP contribution in [0.25, 0.3) is 0 Å². The molecule has 0 radical (unpaired) electrons. The van der Waals surface area contributed by atoms with E-state index in [0.717, 1.165) is 29.7 Å². The number of nitrogens with zero attached hydrogens (tertiary/aromatic N) is 2. The normalized spacial score (nSPS) is 12.3. The van der Waals surface area contributed by atoms with Crippen molar-refractivity contribution in [2.24, 2.45) is 0 Å². The Hall–Kier alpha value is -1.33. The van der Waals surface area contributed by atoms with Crippen molar-refractivity contribution in [2.75, 3.05) is 13.2 Å². The topological polar surface area (TPSA) is 39.1 Å². The van der Waals surface area contributed by atoms with Crippen molar-refractivity contribution >= 4 is 15.9 Å². The SMILES string of the molecule is CCNC(CCOc1ccccc1)c1c(Br)cnn1CC. The first-order valence-corrected chi connectivity index (χ1v) is 8.18. The van der Waals surface area contributed by atoms with Crippen molar-refractivity contribution in [1.29, 1.82) is 0 Å². The minimum absolute atomic E-state index is 0.232. The monoisotopic (exact) mass is 351 g/mol. The highest BCUT2D eigenvalue weighted by atomic mass is 79.9. The summed E-state index contributed by atoms with van der Waals surface area (Å²) in [6.45, 7) is 6.67. The van der Waals surface area contributed by atoms with Gasteiger partial charge in [-0.25, -0.2) is 0 Å². The highest BCUT2D eigenvalue weighted by Crippen LogP contribution is 2.26. The molecule has 1 N–H and O–H groups in total. The van der Waals surface area contributed by atoms with E-state index in [2.05, 4.69) is 40.2 Å². The summed E-state index contributed by atoms with van der Waals surface area (Å²) >= 11 is 3.60. The number of aromatic nitrogens is 2. The first kappa shape index (κ1) is 16.0. The maximum Gasteiger partial charge on any atom is 0.119 e. The van der Waals surface area contributed by atoms with E-state index in [1.54, 1.807) is 0 Å². The Morgan fingerprint density at radius 1 is 1.29 bits per heavy atom. The highest BCUT2D eigenvalue weighted by molar-refractivity contribution is 9.10. The first-order valence-electron chi connectivity index (χ1n) is 7.38. The summed E-state index contributed by atoms with van der Waals surface area (Å²) in [4.78, 5) is 0.